The van der Waals surface area contributed by atoms with Crippen molar-refractivity contribution in [2.24, 2.45) is 5.92 Å². The van der Waals surface area contributed by atoms with Crippen molar-refractivity contribution in [3.8, 4) is 0 Å². The van der Waals surface area contributed by atoms with Gasteiger partial charge < -0.3 is 13.8 Å². The Kier molecular flexibility index (Phi) is 10.1. The molecule has 0 unspecified atom stereocenters. The van der Waals surface area contributed by atoms with Crippen molar-refractivity contribution in [3.63, 3.8) is 0 Å². The highest BCUT2D eigenvalue weighted by Crippen LogP contribution is 2.53. The van der Waals surface area contributed by atoms with Crippen molar-refractivity contribution in [2.75, 3.05) is 20.3 Å². The van der Waals surface area contributed by atoms with Crippen molar-refractivity contribution in [1.82, 2.24) is 5.32 Å². The smallest absolute Gasteiger partial charge is 0.347 e. The van der Waals surface area contributed by atoms with Crippen LogP contribution in [0.15, 0.2) is 0 Å². The van der Waals surface area contributed by atoms with Gasteiger partial charge >= 0.3 is 13.6 Å². The van der Waals surface area contributed by atoms with Crippen LogP contribution in [0.1, 0.15) is 47.5 Å². The van der Waals surface area contributed by atoms with Crippen LogP contribution < -0.4 is 5.32 Å². The minimum Gasteiger partial charge on any atom is -0.468 e. The third-order valence-corrected chi connectivity index (χ3v) is 5.49. The summed E-state index contributed by atoms with van der Waals surface area (Å²) in [5.74, 6) is -0.584. The lowest BCUT2D eigenvalue weighted by Gasteiger charge is -2.29. The molecular weight excluding hydrogens is 293 g/mol. The number of hydrogen-bond acceptors (Lipinski definition) is 6. The van der Waals surface area contributed by atoms with Crippen LogP contribution in [0.2, 0.25) is 0 Å². The Labute approximate surface area is 128 Å². The number of carbonyl (C=O) groups is 1. The molecule has 0 rings (SSSR count). The first-order chi connectivity index (χ1) is 9.84. The minimum absolute atomic E-state index is 0.294. The standard InChI is InChI=1S/C14H30NO5P/c1-7-13(21(17,19-8-2)20-9-3)15-12(10-11(4)5)14(16)18-6/h11-13,15H,7-10H2,1-6H3/t12-,13-/m0/s1. The summed E-state index contributed by atoms with van der Waals surface area (Å²) in [7, 11) is -1.95. The van der Waals surface area contributed by atoms with E-state index in [1.165, 1.54) is 7.11 Å². The van der Waals surface area contributed by atoms with E-state index in [2.05, 4.69) is 5.32 Å². The molecule has 0 amide bonds. The van der Waals surface area contributed by atoms with Crippen LogP contribution in [-0.4, -0.2) is 38.1 Å². The molecule has 0 spiro atoms. The molecule has 0 aromatic heterocycles. The predicted octanol–water partition coefficient (Wildman–Crippen LogP) is 3.17. The van der Waals surface area contributed by atoms with Crippen molar-refractivity contribution in [1.29, 1.82) is 0 Å². The highest BCUT2D eigenvalue weighted by molar-refractivity contribution is 7.54. The van der Waals surface area contributed by atoms with E-state index >= 15 is 0 Å². The highest BCUT2D eigenvalue weighted by atomic mass is 31.2. The lowest BCUT2D eigenvalue weighted by atomic mass is 10.0. The van der Waals surface area contributed by atoms with E-state index in [4.69, 9.17) is 13.8 Å². The molecular formula is C14H30NO5P. The molecule has 0 aliphatic carbocycles. The second-order valence-electron chi connectivity index (χ2n) is 5.17. The fourth-order valence-electron chi connectivity index (χ4n) is 2.09. The van der Waals surface area contributed by atoms with E-state index in [0.717, 1.165) is 0 Å². The first-order valence-electron chi connectivity index (χ1n) is 7.57. The van der Waals surface area contributed by atoms with Crippen molar-refractivity contribution in [2.45, 2.75) is 59.3 Å². The summed E-state index contributed by atoms with van der Waals surface area (Å²) in [6, 6.07) is -0.519. The summed E-state index contributed by atoms with van der Waals surface area (Å²) in [6.45, 7) is 10.0. The van der Waals surface area contributed by atoms with Crippen molar-refractivity contribution >= 4 is 13.6 Å². The molecule has 0 aromatic carbocycles. The Morgan fingerprint density at radius 1 is 1.14 bits per heavy atom. The van der Waals surface area contributed by atoms with Crippen LogP contribution in [0.5, 0.6) is 0 Å². The van der Waals surface area contributed by atoms with Crippen LogP contribution in [-0.2, 0) is 23.1 Å². The third kappa shape index (κ3) is 6.92. The normalized spacial score (nSPS) is 15.0. The third-order valence-electron chi connectivity index (χ3n) is 2.97. The lowest BCUT2D eigenvalue weighted by Crippen LogP contribution is -2.44. The fourth-order valence-corrected chi connectivity index (χ4v) is 4.05. The quantitative estimate of drug-likeness (QED) is 0.465. The zero-order valence-corrected chi connectivity index (χ0v) is 14.9. The lowest BCUT2D eigenvalue weighted by molar-refractivity contribution is -0.143. The average Bonchev–Trinajstić information content (AvgIpc) is 2.42. The molecule has 1 N–H and O–H groups in total. The molecule has 7 heteroatoms. The summed E-state index contributed by atoms with van der Waals surface area (Å²) in [5, 5.41) is 3.11. The number of ether oxygens (including phenoxy) is 1. The molecule has 0 saturated heterocycles. The topological polar surface area (TPSA) is 73.9 Å². The van der Waals surface area contributed by atoms with Gasteiger partial charge in [-0.05, 0) is 32.6 Å². The van der Waals surface area contributed by atoms with E-state index < -0.39 is 19.4 Å². The van der Waals surface area contributed by atoms with E-state index in [1.807, 2.05) is 20.8 Å². The summed E-state index contributed by atoms with van der Waals surface area (Å²) in [5.41, 5.74) is 0. The van der Waals surface area contributed by atoms with E-state index in [-0.39, 0.29) is 5.97 Å². The second kappa shape index (κ2) is 10.3. The maximum absolute atomic E-state index is 12.8. The van der Waals surface area contributed by atoms with Gasteiger partial charge in [0.15, 0.2) is 0 Å². The summed E-state index contributed by atoms with van der Waals surface area (Å²) >= 11 is 0. The van der Waals surface area contributed by atoms with Crippen LogP contribution in [0.25, 0.3) is 0 Å². The van der Waals surface area contributed by atoms with Gasteiger partial charge in [0, 0.05) is 0 Å². The maximum Gasteiger partial charge on any atom is 0.347 e. The van der Waals surface area contributed by atoms with Crippen LogP contribution in [0.3, 0.4) is 0 Å². The number of esters is 1. The summed E-state index contributed by atoms with van der Waals surface area (Å²) in [6.07, 6.45) is 1.13. The van der Waals surface area contributed by atoms with Gasteiger partial charge in [0.25, 0.3) is 0 Å². The Morgan fingerprint density at radius 3 is 2.00 bits per heavy atom. The summed E-state index contributed by atoms with van der Waals surface area (Å²) < 4.78 is 28.4. The summed E-state index contributed by atoms with van der Waals surface area (Å²) in [4.78, 5) is 11.9. The number of hydrogen-bond donors (Lipinski definition) is 1. The molecule has 0 fully saturated rings. The van der Waals surface area contributed by atoms with Gasteiger partial charge in [-0.3, -0.25) is 14.7 Å². The number of carbonyl (C=O) groups excluding carboxylic acids is 1. The van der Waals surface area contributed by atoms with Gasteiger partial charge in [0.2, 0.25) is 0 Å². The molecule has 126 valence electrons. The molecule has 21 heavy (non-hydrogen) atoms. The van der Waals surface area contributed by atoms with Crippen LogP contribution in [0.4, 0.5) is 0 Å². The zero-order valence-electron chi connectivity index (χ0n) is 14.0. The highest BCUT2D eigenvalue weighted by Gasteiger charge is 2.37. The minimum atomic E-state index is -3.30. The van der Waals surface area contributed by atoms with E-state index in [9.17, 15) is 9.36 Å². The maximum atomic E-state index is 12.8. The van der Waals surface area contributed by atoms with Crippen LogP contribution in [0, 0.1) is 5.92 Å². The van der Waals surface area contributed by atoms with Gasteiger partial charge in [-0.25, -0.2) is 0 Å². The van der Waals surface area contributed by atoms with E-state index in [1.54, 1.807) is 13.8 Å². The zero-order chi connectivity index (χ0) is 16.5. The first kappa shape index (κ1) is 20.6. The molecule has 0 radical (unpaired) electrons. The van der Waals surface area contributed by atoms with E-state index in [0.29, 0.717) is 32.0 Å². The van der Waals surface area contributed by atoms with Crippen molar-refractivity contribution in [3.05, 3.63) is 0 Å². The molecule has 2 atom stereocenters. The first-order valence-corrected chi connectivity index (χ1v) is 9.18. The molecule has 0 saturated carbocycles. The Balaban J connectivity index is 5.12. The van der Waals surface area contributed by atoms with Gasteiger partial charge in [-0.15, -0.1) is 0 Å². The molecule has 0 bridgehead atoms. The molecule has 0 aliphatic heterocycles. The second-order valence-corrected chi connectivity index (χ2v) is 7.39. The Hall–Kier alpha value is -0.420. The average molecular weight is 323 g/mol. The van der Waals surface area contributed by atoms with Crippen molar-refractivity contribution < 1.29 is 23.1 Å². The molecule has 0 heterocycles. The largest absolute Gasteiger partial charge is 0.468 e. The number of nitrogens with one attached hydrogen (secondary N) is 1. The van der Waals surface area contributed by atoms with Gasteiger partial charge in [-0.1, -0.05) is 20.8 Å². The SMILES string of the molecule is CCOP(=O)(OCC)[C@@H](CC)N[C@@H](CC(C)C)C(=O)OC. The molecule has 0 aromatic rings. The molecule has 6 nitrogen and oxygen atoms in total. The Bertz CT molecular complexity index is 338. The van der Waals surface area contributed by atoms with Gasteiger partial charge in [0.05, 0.1) is 20.3 Å². The van der Waals surface area contributed by atoms with Crippen LogP contribution >= 0.6 is 7.60 Å². The number of methoxy groups -OCH3 is 1. The monoisotopic (exact) mass is 323 g/mol. The fraction of sp³-hybridized carbons (Fsp3) is 0.929. The Morgan fingerprint density at radius 2 is 1.67 bits per heavy atom. The predicted molar refractivity (Wildman–Crippen MR) is 83.3 cm³/mol. The van der Waals surface area contributed by atoms with Gasteiger partial charge in [0.1, 0.15) is 11.8 Å². The van der Waals surface area contributed by atoms with Gasteiger partial charge in [-0.2, -0.15) is 0 Å². The molecule has 0 aliphatic rings. The number of rotatable bonds is 11.